The Morgan fingerprint density at radius 3 is 2.33 bits per heavy atom. The number of unbranched alkanes of at least 4 members (excludes halogenated alkanes) is 2. The van der Waals surface area contributed by atoms with Gasteiger partial charge in [0.1, 0.15) is 0 Å². The van der Waals surface area contributed by atoms with Gasteiger partial charge in [-0.25, -0.2) is 4.31 Å². The van der Waals surface area contributed by atoms with Crippen molar-refractivity contribution in [2.45, 2.75) is 26.2 Å². The molecule has 0 fully saturated rings. The van der Waals surface area contributed by atoms with E-state index in [1.165, 1.54) is 0 Å². The molecule has 0 heterocycles. The van der Waals surface area contributed by atoms with Crippen molar-refractivity contribution in [3.63, 3.8) is 0 Å². The van der Waals surface area contributed by atoms with Gasteiger partial charge in [-0.3, -0.25) is 0 Å². The summed E-state index contributed by atoms with van der Waals surface area (Å²) in [5.41, 5.74) is 0. The van der Waals surface area contributed by atoms with E-state index in [0.717, 1.165) is 19.3 Å². The Balaban J connectivity index is 3.14. The minimum atomic E-state index is -2.51. The van der Waals surface area contributed by atoms with Crippen molar-refractivity contribution in [2.75, 3.05) is 6.61 Å². The van der Waals surface area contributed by atoms with E-state index in [1.54, 1.807) is 0 Å². The minimum absolute atomic E-state index is 0.388. The van der Waals surface area contributed by atoms with Gasteiger partial charge in [0, 0.05) is 0 Å². The molecular formula is C5H14O5P2. The molecular weight excluding hydrogens is 202 g/mol. The van der Waals surface area contributed by atoms with Gasteiger partial charge < -0.3 is 19.2 Å². The van der Waals surface area contributed by atoms with Crippen molar-refractivity contribution in [2.24, 2.45) is 0 Å². The maximum absolute atomic E-state index is 8.84. The third-order valence-electron chi connectivity index (χ3n) is 1.09. The highest BCUT2D eigenvalue weighted by Crippen LogP contribution is 2.46. The molecule has 0 aliphatic heterocycles. The Morgan fingerprint density at radius 2 is 1.83 bits per heavy atom. The third kappa shape index (κ3) is 8.75. The van der Waals surface area contributed by atoms with E-state index >= 15 is 0 Å². The second-order valence-corrected chi connectivity index (χ2v) is 4.01. The van der Waals surface area contributed by atoms with Crippen LogP contribution in [0.2, 0.25) is 0 Å². The fourth-order valence-corrected chi connectivity index (χ4v) is 1.55. The highest BCUT2D eigenvalue weighted by Gasteiger charge is 2.11. The average Bonchev–Trinajstić information content (AvgIpc) is 1.97. The van der Waals surface area contributed by atoms with Crippen LogP contribution in [0.5, 0.6) is 0 Å². The van der Waals surface area contributed by atoms with Crippen LogP contribution >= 0.6 is 17.2 Å². The molecule has 3 N–H and O–H groups in total. The quantitative estimate of drug-likeness (QED) is 0.445. The maximum Gasteiger partial charge on any atom is 0.337 e. The molecule has 0 aromatic heterocycles. The van der Waals surface area contributed by atoms with Crippen LogP contribution in [-0.2, 0) is 8.83 Å². The van der Waals surface area contributed by atoms with Crippen LogP contribution in [0, 0.1) is 0 Å². The van der Waals surface area contributed by atoms with Crippen molar-refractivity contribution in [3.8, 4) is 0 Å². The second-order valence-electron chi connectivity index (χ2n) is 2.11. The van der Waals surface area contributed by atoms with Gasteiger partial charge in [-0.2, -0.15) is 0 Å². The van der Waals surface area contributed by atoms with Crippen molar-refractivity contribution in [1.82, 2.24) is 0 Å². The predicted octanol–water partition coefficient (Wildman–Crippen LogP) is 1.64. The molecule has 0 aliphatic carbocycles. The zero-order valence-electron chi connectivity index (χ0n) is 6.88. The third-order valence-corrected chi connectivity index (χ3v) is 2.64. The number of rotatable bonds is 7. The lowest BCUT2D eigenvalue weighted by Gasteiger charge is -2.09. The maximum atomic E-state index is 8.84. The number of hydrogen-bond donors (Lipinski definition) is 3. The van der Waals surface area contributed by atoms with Crippen LogP contribution in [0.15, 0.2) is 0 Å². The standard InChI is InChI=1S/C5H14O5P2/c1-2-3-4-5-9-12(8)10-11(6)7/h6-8H,2-5H2,1H3. The summed E-state index contributed by atoms with van der Waals surface area (Å²) in [7, 11) is -4.62. The van der Waals surface area contributed by atoms with Crippen LogP contribution in [0.4, 0.5) is 0 Å². The van der Waals surface area contributed by atoms with Crippen LogP contribution in [0.1, 0.15) is 26.2 Å². The van der Waals surface area contributed by atoms with Gasteiger partial charge in [-0.15, -0.1) is 0 Å². The molecule has 0 saturated heterocycles. The molecule has 0 aromatic carbocycles. The van der Waals surface area contributed by atoms with Gasteiger partial charge in [0.25, 0.3) is 0 Å². The summed E-state index contributed by atoms with van der Waals surface area (Å²) >= 11 is 0. The van der Waals surface area contributed by atoms with E-state index < -0.39 is 17.2 Å². The second kappa shape index (κ2) is 8.27. The molecule has 0 spiro atoms. The topological polar surface area (TPSA) is 79.2 Å². The molecule has 1 unspecified atom stereocenters. The van der Waals surface area contributed by atoms with Crippen molar-refractivity contribution in [1.29, 1.82) is 0 Å². The predicted molar refractivity (Wildman–Crippen MR) is 47.1 cm³/mol. The van der Waals surface area contributed by atoms with Crippen LogP contribution in [0.3, 0.4) is 0 Å². The van der Waals surface area contributed by atoms with E-state index in [0.29, 0.717) is 6.61 Å². The summed E-state index contributed by atoms with van der Waals surface area (Å²) in [6, 6.07) is 0. The highest BCUT2D eigenvalue weighted by molar-refractivity contribution is 7.54. The minimum Gasteiger partial charge on any atom is -0.328 e. The zero-order chi connectivity index (χ0) is 9.40. The van der Waals surface area contributed by atoms with Crippen molar-refractivity contribution >= 4 is 17.2 Å². The molecule has 0 amide bonds. The van der Waals surface area contributed by atoms with Crippen LogP contribution < -0.4 is 0 Å². The van der Waals surface area contributed by atoms with E-state index in [1.807, 2.05) is 0 Å². The molecule has 0 saturated carbocycles. The molecule has 0 radical (unpaired) electrons. The largest absolute Gasteiger partial charge is 0.337 e. The Labute approximate surface area is 74.3 Å². The van der Waals surface area contributed by atoms with Gasteiger partial charge >= 0.3 is 17.2 Å². The molecule has 0 rings (SSSR count). The Hall–Kier alpha value is 0.660. The first-order valence-electron chi connectivity index (χ1n) is 3.64. The first kappa shape index (κ1) is 12.7. The van der Waals surface area contributed by atoms with Crippen molar-refractivity contribution < 1.29 is 23.5 Å². The molecule has 12 heavy (non-hydrogen) atoms. The van der Waals surface area contributed by atoms with E-state index in [-0.39, 0.29) is 0 Å². The molecule has 0 aliphatic rings. The average molecular weight is 216 g/mol. The highest BCUT2D eigenvalue weighted by atomic mass is 31.2. The summed E-state index contributed by atoms with van der Waals surface area (Å²) in [4.78, 5) is 25.4. The molecule has 0 bridgehead atoms. The molecule has 7 heteroatoms. The Morgan fingerprint density at radius 1 is 1.17 bits per heavy atom. The molecule has 5 nitrogen and oxygen atoms in total. The van der Waals surface area contributed by atoms with Crippen LogP contribution in [0.25, 0.3) is 0 Å². The van der Waals surface area contributed by atoms with Gasteiger partial charge in [-0.1, -0.05) is 19.8 Å². The van der Waals surface area contributed by atoms with E-state index in [9.17, 15) is 0 Å². The van der Waals surface area contributed by atoms with E-state index in [4.69, 9.17) is 19.2 Å². The smallest absolute Gasteiger partial charge is 0.328 e. The first-order valence-corrected chi connectivity index (χ1v) is 5.94. The summed E-state index contributed by atoms with van der Waals surface area (Å²) in [5.74, 6) is 0. The zero-order valence-corrected chi connectivity index (χ0v) is 8.67. The SMILES string of the molecule is CCCCCOP(O)OP(O)O. The van der Waals surface area contributed by atoms with Gasteiger partial charge in [-0.05, 0) is 6.42 Å². The fourth-order valence-electron chi connectivity index (χ4n) is 0.581. The lowest BCUT2D eigenvalue weighted by molar-refractivity contribution is 0.243. The van der Waals surface area contributed by atoms with Gasteiger partial charge in [0.2, 0.25) is 0 Å². The van der Waals surface area contributed by atoms with E-state index in [2.05, 4.69) is 11.2 Å². The molecule has 74 valence electrons. The lowest BCUT2D eigenvalue weighted by atomic mass is 10.3. The van der Waals surface area contributed by atoms with Gasteiger partial charge in [0.05, 0.1) is 6.61 Å². The van der Waals surface area contributed by atoms with Crippen LogP contribution in [-0.4, -0.2) is 21.3 Å². The Bertz CT molecular complexity index is 102. The Kier molecular flexibility index (Phi) is 8.72. The lowest BCUT2D eigenvalue weighted by Crippen LogP contribution is -1.90. The monoisotopic (exact) mass is 216 g/mol. The normalized spacial score (nSPS) is 13.8. The summed E-state index contributed by atoms with van der Waals surface area (Å²) in [6.45, 7) is 2.44. The van der Waals surface area contributed by atoms with Gasteiger partial charge in [0.15, 0.2) is 0 Å². The molecule has 0 aromatic rings. The first-order chi connectivity index (χ1) is 5.66. The number of hydrogen-bond acceptors (Lipinski definition) is 5. The molecule has 1 atom stereocenters. The summed E-state index contributed by atoms with van der Waals surface area (Å²) in [5, 5.41) is 0. The summed E-state index contributed by atoms with van der Waals surface area (Å²) < 4.78 is 8.95. The summed E-state index contributed by atoms with van der Waals surface area (Å²) in [6.07, 6.45) is 2.94. The fraction of sp³-hybridized carbons (Fsp3) is 1.00. The van der Waals surface area contributed by atoms with Crippen molar-refractivity contribution in [3.05, 3.63) is 0 Å².